The van der Waals surface area contributed by atoms with Crippen molar-refractivity contribution in [3.05, 3.63) is 34.4 Å². The van der Waals surface area contributed by atoms with E-state index in [1.54, 1.807) is 18.2 Å². The molecule has 90 valence electrons. The second-order valence-electron chi connectivity index (χ2n) is 3.43. The van der Waals surface area contributed by atoms with Gasteiger partial charge >= 0.3 is 0 Å². The van der Waals surface area contributed by atoms with E-state index < -0.39 is 0 Å². The van der Waals surface area contributed by atoms with E-state index in [1.807, 2.05) is 0 Å². The lowest BCUT2D eigenvalue weighted by molar-refractivity contribution is 0.582. The smallest absolute Gasteiger partial charge is 0.270 e. The fraction of sp³-hybridized carbons (Fsp3) is 0. The van der Waals surface area contributed by atoms with Crippen LogP contribution in [-0.4, -0.2) is 25.6 Å². The molecule has 0 radical (unpaired) electrons. The Balaban J connectivity index is 2.03. The van der Waals surface area contributed by atoms with E-state index in [1.165, 1.54) is 6.20 Å². The molecule has 0 unspecified atom stereocenters. The van der Waals surface area contributed by atoms with E-state index in [9.17, 15) is 0 Å². The van der Waals surface area contributed by atoms with Crippen molar-refractivity contribution in [1.29, 1.82) is 0 Å². The Hall–Kier alpha value is -1.92. The summed E-state index contributed by atoms with van der Waals surface area (Å²) in [5, 5.41) is 18.7. The maximum Gasteiger partial charge on any atom is 0.270 e. The molecular weight excluding hydrogens is 277 g/mol. The number of aromatic nitrogens is 5. The molecule has 0 fully saturated rings. The average molecular weight is 282 g/mol. The quantitative estimate of drug-likeness (QED) is 0.781. The molecule has 3 aromatic rings. The van der Waals surface area contributed by atoms with Crippen LogP contribution in [0.1, 0.15) is 0 Å². The monoisotopic (exact) mass is 281 g/mol. The summed E-state index contributed by atoms with van der Waals surface area (Å²) in [7, 11) is 0. The zero-order chi connectivity index (χ0) is 12.5. The highest BCUT2D eigenvalue weighted by atomic mass is 35.5. The van der Waals surface area contributed by atoms with Crippen LogP contribution in [0.5, 0.6) is 0 Å². The minimum Gasteiger partial charge on any atom is -0.414 e. The van der Waals surface area contributed by atoms with Gasteiger partial charge in [0.15, 0.2) is 5.69 Å². The number of rotatable bonds is 2. The standard InChI is InChI=1S/C10H5Cl2N5O/c11-6-1-5(2-7(12)3-6)9-15-16-10(18-9)8-4-13-17-14-8/h1-4H,(H,13,14,17). The van der Waals surface area contributed by atoms with Crippen molar-refractivity contribution < 1.29 is 4.42 Å². The Bertz CT molecular complexity index is 659. The Kier molecular flexibility index (Phi) is 2.73. The van der Waals surface area contributed by atoms with Crippen LogP contribution in [0.3, 0.4) is 0 Å². The second kappa shape index (κ2) is 4.40. The zero-order valence-corrected chi connectivity index (χ0v) is 10.3. The number of benzene rings is 1. The van der Waals surface area contributed by atoms with Gasteiger partial charge in [0.2, 0.25) is 5.89 Å². The van der Waals surface area contributed by atoms with E-state index in [2.05, 4.69) is 25.6 Å². The van der Waals surface area contributed by atoms with Crippen LogP contribution in [0, 0.1) is 0 Å². The highest BCUT2D eigenvalue weighted by molar-refractivity contribution is 6.35. The third-order valence-corrected chi connectivity index (χ3v) is 2.61. The predicted octanol–water partition coefficient (Wildman–Crippen LogP) is 2.83. The second-order valence-corrected chi connectivity index (χ2v) is 4.30. The zero-order valence-electron chi connectivity index (χ0n) is 8.76. The van der Waals surface area contributed by atoms with E-state index in [0.717, 1.165) is 0 Å². The summed E-state index contributed by atoms with van der Waals surface area (Å²) >= 11 is 11.8. The lowest BCUT2D eigenvalue weighted by Crippen LogP contribution is -1.78. The first-order valence-electron chi connectivity index (χ1n) is 4.88. The van der Waals surface area contributed by atoms with Crippen LogP contribution in [0.4, 0.5) is 0 Å². The average Bonchev–Trinajstić information content (AvgIpc) is 2.99. The molecule has 1 aromatic carbocycles. The largest absolute Gasteiger partial charge is 0.414 e. The SMILES string of the molecule is Clc1cc(Cl)cc(-c2nnc(-c3cn[nH]n3)o2)c1. The van der Waals surface area contributed by atoms with Crippen molar-refractivity contribution in [1.82, 2.24) is 25.6 Å². The van der Waals surface area contributed by atoms with Gasteiger partial charge in [0.25, 0.3) is 5.89 Å². The van der Waals surface area contributed by atoms with Gasteiger partial charge in [-0.25, -0.2) is 0 Å². The number of H-pyrrole nitrogens is 1. The Morgan fingerprint density at radius 2 is 1.72 bits per heavy atom. The van der Waals surface area contributed by atoms with Gasteiger partial charge in [-0.05, 0) is 18.2 Å². The molecule has 0 aliphatic heterocycles. The highest BCUT2D eigenvalue weighted by Gasteiger charge is 2.13. The van der Waals surface area contributed by atoms with Crippen molar-refractivity contribution in [3.8, 4) is 23.0 Å². The number of nitrogens with zero attached hydrogens (tertiary/aromatic N) is 4. The summed E-state index contributed by atoms with van der Waals surface area (Å²) in [5.74, 6) is 0.590. The van der Waals surface area contributed by atoms with Crippen molar-refractivity contribution in [2.75, 3.05) is 0 Å². The van der Waals surface area contributed by atoms with Gasteiger partial charge in [0, 0.05) is 15.6 Å². The minimum atomic E-state index is 0.273. The summed E-state index contributed by atoms with van der Waals surface area (Å²) < 4.78 is 5.46. The summed E-state index contributed by atoms with van der Waals surface area (Å²) in [6.07, 6.45) is 1.49. The van der Waals surface area contributed by atoms with Crippen LogP contribution in [-0.2, 0) is 0 Å². The van der Waals surface area contributed by atoms with Gasteiger partial charge in [-0.2, -0.15) is 15.4 Å². The van der Waals surface area contributed by atoms with Crippen molar-refractivity contribution in [2.24, 2.45) is 0 Å². The van der Waals surface area contributed by atoms with Gasteiger partial charge in [-0.15, -0.1) is 10.2 Å². The van der Waals surface area contributed by atoms with Crippen LogP contribution in [0.2, 0.25) is 10.0 Å². The molecule has 18 heavy (non-hydrogen) atoms. The molecule has 0 spiro atoms. The fourth-order valence-corrected chi connectivity index (χ4v) is 1.95. The normalized spacial score (nSPS) is 10.8. The first kappa shape index (κ1) is 11.2. The number of aromatic amines is 1. The molecule has 2 aromatic heterocycles. The van der Waals surface area contributed by atoms with Crippen molar-refractivity contribution in [2.45, 2.75) is 0 Å². The molecular formula is C10H5Cl2N5O. The summed E-state index contributed by atoms with van der Waals surface area (Å²) in [4.78, 5) is 0. The van der Waals surface area contributed by atoms with Crippen molar-refractivity contribution in [3.63, 3.8) is 0 Å². The molecule has 0 amide bonds. The topological polar surface area (TPSA) is 80.5 Å². The van der Waals surface area contributed by atoms with Crippen molar-refractivity contribution >= 4 is 23.2 Å². The lowest BCUT2D eigenvalue weighted by Gasteiger charge is -1.97. The molecule has 0 saturated carbocycles. The molecule has 0 saturated heterocycles. The third-order valence-electron chi connectivity index (χ3n) is 2.17. The minimum absolute atomic E-state index is 0.273. The van der Waals surface area contributed by atoms with Crippen LogP contribution in [0.15, 0.2) is 28.8 Å². The first-order chi connectivity index (χ1) is 8.72. The molecule has 6 nitrogen and oxygen atoms in total. The van der Waals surface area contributed by atoms with Gasteiger partial charge in [0.1, 0.15) is 0 Å². The molecule has 0 atom stereocenters. The molecule has 8 heteroatoms. The molecule has 0 aliphatic rings. The Morgan fingerprint density at radius 1 is 1.00 bits per heavy atom. The maximum absolute atomic E-state index is 5.90. The highest BCUT2D eigenvalue weighted by Crippen LogP contribution is 2.27. The molecule has 2 heterocycles. The third kappa shape index (κ3) is 2.07. The van der Waals surface area contributed by atoms with Crippen LogP contribution < -0.4 is 0 Å². The van der Waals surface area contributed by atoms with Gasteiger partial charge in [-0.3, -0.25) is 0 Å². The fourth-order valence-electron chi connectivity index (χ4n) is 1.43. The Labute approximate surface area is 111 Å². The first-order valence-corrected chi connectivity index (χ1v) is 5.64. The molecule has 1 N–H and O–H groups in total. The van der Waals surface area contributed by atoms with E-state index >= 15 is 0 Å². The lowest BCUT2D eigenvalue weighted by atomic mass is 10.2. The van der Waals surface area contributed by atoms with Gasteiger partial charge in [0.05, 0.1) is 6.20 Å². The van der Waals surface area contributed by atoms with E-state index in [0.29, 0.717) is 27.2 Å². The summed E-state index contributed by atoms with van der Waals surface area (Å²) in [6, 6.07) is 5.00. The molecule has 0 aliphatic carbocycles. The van der Waals surface area contributed by atoms with Crippen LogP contribution >= 0.6 is 23.2 Å². The van der Waals surface area contributed by atoms with E-state index in [4.69, 9.17) is 27.6 Å². The number of halogens is 2. The number of hydrogen-bond donors (Lipinski definition) is 1. The van der Waals surface area contributed by atoms with Gasteiger partial charge < -0.3 is 4.42 Å². The molecule has 0 bridgehead atoms. The van der Waals surface area contributed by atoms with Gasteiger partial charge in [-0.1, -0.05) is 23.2 Å². The Morgan fingerprint density at radius 3 is 2.39 bits per heavy atom. The summed E-state index contributed by atoms with van der Waals surface area (Å²) in [5.41, 5.74) is 1.12. The predicted molar refractivity (Wildman–Crippen MR) is 65.1 cm³/mol. The number of nitrogens with one attached hydrogen (secondary N) is 1. The maximum atomic E-state index is 5.90. The van der Waals surface area contributed by atoms with E-state index in [-0.39, 0.29) is 5.89 Å². The summed E-state index contributed by atoms with van der Waals surface area (Å²) in [6.45, 7) is 0. The van der Waals surface area contributed by atoms with Crippen LogP contribution in [0.25, 0.3) is 23.0 Å². The number of hydrogen-bond acceptors (Lipinski definition) is 5. The molecule has 3 rings (SSSR count).